The second-order valence-corrected chi connectivity index (χ2v) is 7.54. The highest BCUT2D eigenvalue weighted by Gasteiger charge is 2.34. The van der Waals surface area contributed by atoms with Crippen LogP contribution >= 0.6 is 0 Å². The number of amides is 3. The van der Waals surface area contributed by atoms with Crippen molar-refractivity contribution in [2.75, 3.05) is 37.8 Å². The monoisotopic (exact) mass is 389 g/mol. The van der Waals surface area contributed by atoms with Crippen LogP contribution < -0.4 is 19.7 Å². The van der Waals surface area contributed by atoms with Gasteiger partial charge in [-0.25, -0.2) is 4.79 Å². The number of aliphatic hydroxyl groups is 1. The van der Waals surface area contributed by atoms with Crippen molar-refractivity contribution in [1.82, 2.24) is 10.2 Å². The first kappa shape index (κ1) is 18.9. The Balaban J connectivity index is 1.40. The lowest BCUT2D eigenvalue weighted by Gasteiger charge is -2.36. The van der Waals surface area contributed by atoms with Gasteiger partial charge in [0, 0.05) is 43.9 Å². The van der Waals surface area contributed by atoms with Crippen LogP contribution in [0.5, 0.6) is 11.5 Å². The number of nitrogens with one attached hydrogen (secondary N) is 1. The molecule has 2 saturated heterocycles. The van der Waals surface area contributed by atoms with Crippen LogP contribution in [-0.4, -0.2) is 66.9 Å². The maximum absolute atomic E-state index is 12.7. The number of carbonyl (C=O) groups is 2. The van der Waals surface area contributed by atoms with Crippen molar-refractivity contribution in [2.24, 2.45) is 0 Å². The molecule has 3 amide bonds. The fourth-order valence-electron chi connectivity index (χ4n) is 4.23. The van der Waals surface area contributed by atoms with Crippen LogP contribution in [-0.2, 0) is 4.79 Å². The SMILES string of the molecule is O=C1C[C@@H](NC(=O)N2CCCC[C@@H]2CCO)CN1c1ccc2c(c1)OCCO2. The van der Waals surface area contributed by atoms with E-state index in [0.29, 0.717) is 44.2 Å². The molecule has 3 heterocycles. The molecule has 2 fully saturated rings. The third-order valence-electron chi connectivity index (χ3n) is 5.64. The zero-order chi connectivity index (χ0) is 19.5. The number of hydrogen-bond acceptors (Lipinski definition) is 5. The Bertz CT molecular complexity index is 739. The number of carbonyl (C=O) groups excluding carboxylic acids is 2. The summed E-state index contributed by atoms with van der Waals surface area (Å²) in [6.45, 7) is 2.23. The van der Waals surface area contributed by atoms with Crippen molar-refractivity contribution in [1.29, 1.82) is 0 Å². The van der Waals surface area contributed by atoms with E-state index in [4.69, 9.17) is 9.47 Å². The van der Waals surface area contributed by atoms with Crippen LogP contribution in [0.15, 0.2) is 18.2 Å². The number of anilines is 1. The van der Waals surface area contributed by atoms with Gasteiger partial charge in [0.2, 0.25) is 5.91 Å². The highest BCUT2D eigenvalue weighted by molar-refractivity contribution is 5.97. The second-order valence-electron chi connectivity index (χ2n) is 7.54. The van der Waals surface area contributed by atoms with Gasteiger partial charge in [-0.3, -0.25) is 4.79 Å². The molecule has 0 unspecified atom stereocenters. The summed E-state index contributed by atoms with van der Waals surface area (Å²) in [5, 5.41) is 12.3. The third kappa shape index (κ3) is 3.87. The van der Waals surface area contributed by atoms with E-state index >= 15 is 0 Å². The van der Waals surface area contributed by atoms with Crippen molar-refractivity contribution in [3.8, 4) is 11.5 Å². The molecule has 1 aromatic rings. The molecule has 152 valence electrons. The Morgan fingerprint density at radius 3 is 2.86 bits per heavy atom. The number of aliphatic hydroxyl groups excluding tert-OH is 1. The van der Waals surface area contributed by atoms with Gasteiger partial charge in [0.25, 0.3) is 0 Å². The van der Waals surface area contributed by atoms with Crippen molar-refractivity contribution >= 4 is 17.6 Å². The zero-order valence-electron chi connectivity index (χ0n) is 15.9. The molecule has 8 heteroatoms. The Hall–Kier alpha value is -2.48. The molecule has 3 aliphatic rings. The largest absolute Gasteiger partial charge is 0.486 e. The molecule has 0 saturated carbocycles. The highest BCUT2D eigenvalue weighted by Crippen LogP contribution is 2.35. The highest BCUT2D eigenvalue weighted by atomic mass is 16.6. The van der Waals surface area contributed by atoms with Gasteiger partial charge in [-0.1, -0.05) is 0 Å². The van der Waals surface area contributed by atoms with E-state index in [2.05, 4.69) is 5.32 Å². The van der Waals surface area contributed by atoms with E-state index in [1.807, 2.05) is 23.1 Å². The van der Waals surface area contributed by atoms with Crippen molar-refractivity contribution in [3.63, 3.8) is 0 Å². The van der Waals surface area contributed by atoms with Gasteiger partial charge in [-0.15, -0.1) is 0 Å². The molecular formula is C20H27N3O5. The normalized spacial score (nSPS) is 24.4. The van der Waals surface area contributed by atoms with Crippen molar-refractivity contribution < 1.29 is 24.2 Å². The van der Waals surface area contributed by atoms with Crippen LogP contribution in [0, 0.1) is 0 Å². The smallest absolute Gasteiger partial charge is 0.317 e. The topological polar surface area (TPSA) is 91.3 Å². The van der Waals surface area contributed by atoms with E-state index in [1.165, 1.54) is 0 Å². The lowest BCUT2D eigenvalue weighted by atomic mass is 10.00. The van der Waals surface area contributed by atoms with E-state index < -0.39 is 0 Å². The maximum atomic E-state index is 12.7. The van der Waals surface area contributed by atoms with Crippen LogP contribution in [0.3, 0.4) is 0 Å². The van der Waals surface area contributed by atoms with Crippen LogP contribution in [0.25, 0.3) is 0 Å². The number of hydrogen-bond donors (Lipinski definition) is 2. The molecule has 2 N–H and O–H groups in total. The Morgan fingerprint density at radius 1 is 1.21 bits per heavy atom. The zero-order valence-corrected chi connectivity index (χ0v) is 15.9. The first-order valence-electron chi connectivity index (χ1n) is 10.0. The average Bonchev–Trinajstić information content (AvgIpc) is 3.08. The van der Waals surface area contributed by atoms with Gasteiger partial charge in [0.05, 0.1) is 6.04 Å². The van der Waals surface area contributed by atoms with Gasteiger partial charge < -0.3 is 29.7 Å². The molecule has 1 aromatic carbocycles. The summed E-state index contributed by atoms with van der Waals surface area (Å²) in [4.78, 5) is 28.8. The minimum absolute atomic E-state index is 0.0208. The van der Waals surface area contributed by atoms with E-state index in [1.54, 1.807) is 4.90 Å². The predicted octanol–water partition coefficient (Wildman–Crippen LogP) is 1.51. The predicted molar refractivity (Wildman–Crippen MR) is 103 cm³/mol. The summed E-state index contributed by atoms with van der Waals surface area (Å²) >= 11 is 0. The number of rotatable bonds is 4. The fourth-order valence-corrected chi connectivity index (χ4v) is 4.23. The van der Waals surface area contributed by atoms with E-state index in [0.717, 1.165) is 24.9 Å². The fraction of sp³-hybridized carbons (Fsp3) is 0.600. The summed E-state index contributed by atoms with van der Waals surface area (Å²) in [5.41, 5.74) is 0.752. The molecule has 8 nitrogen and oxygen atoms in total. The van der Waals surface area contributed by atoms with Crippen LogP contribution in [0.1, 0.15) is 32.1 Å². The van der Waals surface area contributed by atoms with E-state index in [-0.39, 0.29) is 37.0 Å². The standard InChI is InChI=1S/C20H27N3O5/c24-8-6-15-3-1-2-7-22(15)20(26)21-14-11-19(25)23(13-14)16-4-5-17-18(12-16)28-10-9-27-17/h4-5,12,14-15,24H,1-3,6-11,13H2,(H,21,26)/t14-,15-/m1/s1. The number of ether oxygens (including phenoxy) is 2. The number of piperidine rings is 1. The second kappa shape index (κ2) is 8.26. The molecule has 0 bridgehead atoms. The average molecular weight is 389 g/mol. The summed E-state index contributed by atoms with van der Waals surface area (Å²) in [6, 6.07) is 5.18. The summed E-state index contributed by atoms with van der Waals surface area (Å²) in [6.07, 6.45) is 3.84. The van der Waals surface area contributed by atoms with Crippen LogP contribution in [0.4, 0.5) is 10.5 Å². The summed E-state index contributed by atoms with van der Waals surface area (Å²) in [7, 11) is 0. The molecule has 0 radical (unpaired) electrons. The van der Waals surface area contributed by atoms with E-state index in [9.17, 15) is 14.7 Å². The van der Waals surface area contributed by atoms with Crippen molar-refractivity contribution in [3.05, 3.63) is 18.2 Å². The molecule has 0 spiro atoms. The molecule has 4 rings (SSSR count). The number of fused-ring (bicyclic) bond motifs is 1. The third-order valence-corrected chi connectivity index (χ3v) is 5.64. The first-order chi connectivity index (χ1) is 13.7. The number of benzene rings is 1. The lowest BCUT2D eigenvalue weighted by Crippen LogP contribution is -2.52. The van der Waals surface area contributed by atoms with Gasteiger partial charge in [-0.05, 0) is 37.8 Å². The molecule has 28 heavy (non-hydrogen) atoms. The quantitative estimate of drug-likeness (QED) is 0.815. The maximum Gasteiger partial charge on any atom is 0.317 e. The van der Waals surface area contributed by atoms with Gasteiger partial charge in [0.1, 0.15) is 13.2 Å². The first-order valence-corrected chi connectivity index (χ1v) is 10.0. The van der Waals surface area contributed by atoms with Crippen molar-refractivity contribution in [2.45, 2.75) is 44.2 Å². The molecule has 0 aliphatic carbocycles. The van der Waals surface area contributed by atoms with Gasteiger partial charge in [0.15, 0.2) is 11.5 Å². The Morgan fingerprint density at radius 2 is 2.04 bits per heavy atom. The van der Waals surface area contributed by atoms with Gasteiger partial charge in [-0.2, -0.15) is 0 Å². The summed E-state index contributed by atoms with van der Waals surface area (Å²) < 4.78 is 11.1. The van der Waals surface area contributed by atoms with Crippen LogP contribution in [0.2, 0.25) is 0 Å². The molecule has 0 aromatic heterocycles. The lowest BCUT2D eigenvalue weighted by molar-refractivity contribution is -0.117. The molecule has 3 aliphatic heterocycles. The number of nitrogens with zero attached hydrogens (tertiary/aromatic N) is 2. The minimum atomic E-state index is -0.232. The molecule has 2 atom stereocenters. The summed E-state index contributed by atoms with van der Waals surface area (Å²) in [5.74, 6) is 1.31. The Kier molecular flexibility index (Phi) is 5.57. The Labute approximate surface area is 164 Å². The number of likely N-dealkylation sites (tertiary alicyclic amines) is 1. The minimum Gasteiger partial charge on any atom is -0.486 e. The molecular weight excluding hydrogens is 362 g/mol. The number of urea groups is 1. The van der Waals surface area contributed by atoms with Gasteiger partial charge >= 0.3 is 6.03 Å².